The number of pyridine rings is 1. The molecule has 1 aliphatic rings. The van der Waals surface area contributed by atoms with Crippen LogP contribution in [-0.4, -0.2) is 50.1 Å². The maximum absolute atomic E-state index is 12.2. The van der Waals surface area contributed by atoms with Gasteiger partial charge in [-0.3, -0.25) is 5.32 Å². The van der Waals surface area contributed by atoms with Crippen molar-refractivity contribution >= 4 is 23.5 Å². The van der Waals surface area contributed by atoms with Gasteiger partial charge in [-0.15, -0.1) is 0 Å². The summed E-state index contributed by atoms with van der Waals surface area (Å²) < 4.78 is 18.2. The molecule has 3 rings (SSSR count). The third kappa shape index (κ3) is 6.55. The number of amides is 2. The predicted molar refractivity (Wildman–Crippen MR) is 114 cm³/mol. The van der Waals surface area contributed by atoms with Crippen molar-refractivity contribution in [1.29, 1.82) is 0 Å². The van der Waals surface area contributed by atoms with E-state index < -0.39 is 23.4 Å². The van der Waals surface area contributed by atoms with E-state index in [0.717, 1.165) is 18.4 Å². The summed E-state index contributed by atoms with van der Waals surface area (Å²) in [5.74, 6) is 0. The van der Waals surface area contributed by atoms with Gasteiger partial charge in [0.1, 0.15) is 17.5 Å². The molecule has 0 radical (unpaired) electrons. The van der Waals surface area contributed by atoms with Gasteiger partial charge in [-0.2, -0.15) is 5.10 Å². The fourth-order valence-corrected chi connectivity index (χ4v) is 3.06. The molecule has 2 aromatic heterocycles. The lowest BCUT2D eigenvalue weighted by Gasteiger charge is -2.37. The van der Waals surface area contributed by atoms with Crippen molar-refractivity contribution < 1.29 is 23.8 Å². The zero-order valence-electron chi connectivity index (χ0n) is 18.9. The van der Waals surface area contributed by atoms with E-state index in [9.17, 15) is 9.59 Å². The third-order valence-electron chi connectivity index (χ3n) is 4.44. The van der Waals surface area contributed by atoms with Crippen LogP contribution in [0.4, 0.5) is 15.3 Å². The molecule has 0 unspecified atom stereocenters. The molecule has 1 fully saturated rings. The van der Waals surface area contributed by atoms with Crippen LogP contribution in [-0.2, 0) is 20.8 Å². The van der Waals surface area contributed by atoms with Crippen LogP contribution in [0.15, 0.2) is 18.6 Å². The van der Waals surface area contributed by atoms with Crippen LogP contribution in [0.25, 0.3) is 5.65 Å². The number of ether oxygens (including phenoxy) is 3. The summed E-state index contributed by atoms with van der Waals surface area (Å²) >= 11 is 0. The summed E-state index contributed by atoms with van der Waals surface area (Å²) in [5, 5.41) is 9.74. The smallest absolute Gasteiger partial charge is 0.412 e. The second-order valence-electron chi connectivity index (χ2n) is 9.60. The van der Waals surface area contributed by atoms with Gasteiger partial charge in [-0.05, 0) is 66.0 Å². The van der Waals surface area contributed by atoms with Gasteiger partial charge in [-0.1, -0.05) is 0 Å². The van der Waals surface area contributed by atoms with Crippen molar-refractivity contribution in [2.24, 2.45) is 0 Å². The molecule has 0 aromatic carbocycles. The summed E-state index contributed by atoms with van der Waals surface area (Å²) in [6.07, 6.45) is 3.74. The van der Waals surface area contributed by atoms with Gasteiger partial charge in [-0.25, -0.2) is 19.1 Å². The molecule has 1 aliphatic carbocycles. The average Bonchev–Trinajstić information content (AvgIpc) is 3.04. The van der Waals surface area contributed by atoms with Crippen LogP contribution < -0.4 is 10.6 Å². The lowest BCUT2D eigenvalue weighted by Crippen LogP contribution is -2.52. The van der Waals surface area contributed by atoms with Gasteiger partial charge in [0.25, 0.3) is 0 Å². The van der Waals surface area contributed by atoms with Crippen molar-refractivity contribution in [2.45, 2.75) is 84.3 Å². The first-order chi connectivity index (χ1) is 14.4. The maximum atomic E-state index is 12.2. The first-order valence-corrected chi connectivity index (χ1v) is 10.3. The number of rotatable bonds is 5. The SMILES string of the molecule is CC(C)(C)OC(=O)Nc1cc(CO[C@@H]2CC[C@H]2NC(=O)OC(C)(C)C)cn2ncnc12. The Labute approximate surface area is 181 Å². The highest BCUT2D eigenvalue weighted by Gasteiger charge is 2.34. The molecule has 2 amide bonds. The molecule has 0 saturated heterocycles. The van der Waals surface area contributed by atoms with Crippen LogP contribution >= 0.6 is 0 Å². The Morgan fingerprint density at radius 3 is 2.39 bits per heavy atom. The fourth-order valence-electron chi connectivity index (χ4n) is 3.06. The van der Waals surface area contributed by atoms with Crippen molar-refractivity contribution in [3.05, 3.63) is 24.2 Å². The average molecular weight is 434 g/mol. The number of carbonyl (C=O) groups excluding carboxylic acids is 2. The monoisotopic (exact) mass is 433 g/mol. The van der Waals surface area contributed by atoms with Gasteiger partial charge in [0, 0.05) is 6.20 Å². The van der Waals surface area contributed by atoms with Crippen molar-refractivity contribution in [3.8, 4) is 0 Å². The zero-order valence-corrected chi connectivity index (χ0v) is 18.9. The van der Waals surface area contributed by atoms with Crippen LogP contribution in [0, 0.1) is 0 Å². The van der Waals surface area contributed by atoms with E-state index in [-0.39, 0.29) is 18.8 Å². The Morgan fingerprint density at radius 2 is 1.77 bits per heavy atom. The number of carbonyl (C=O) groups is 2. The lowest BCUT2D eigenvalue weighted by atomic mass is 9.89. The molecule has 2 aromatic rings. The van der Waals surface area contributed by atoms with E-state index in [0.29, 0.717) is 11.3 Å². The number of hydrogen-bond donors (Lipinski definition) is 2. The molecule has 10 nitrogen and oxygen atoms in total. The van der Waals surface area contributed by atoms with E-state index >= 15 is 0 Å². The first kappa shape index (κ1) is 22.8. The Bertz CT molecular complexity index is 944. The number of aromatic nitrogens is 3. The first-order valence-electron chi connectivity index (χ1n) is 10.3. The number of fused-ring (bicyclic) bond motifs is 1. The highest BCUT2D eigenvalue weighted by molar-refractivity contribution is 5.89. The summed E-state index contributed by atoms with van der Waals surface area (Å²) in [6.45, 7) is 11.1. The predicted octanol–water partition coefficient (Wildman–Crippen LogP) is 3.65. The van der Waals surface area contributed by atoms with Crippen molar-refractivity contribution in [2.75, 3.05) is 5.32 Å². The Hall–Kier alpha value is -2.88. The van der Waals surface area contributed by atoms with Crippen LogP contribution in [0.1, 0.15) is 59.9 Å². The number of nitrogens with one attached hydrogen (secondary N) is 2. The number of alkyl carbamates (subject to hydrolysis) is 1. The quantitative estimate of drug-likeness (QED) is 0.739. The zero-order chi connectivity index (χ0) is 22.8. The highest BCUT2D eigenvalue weighted by Crippen LogP contribution is 2.26. The Kier molecular flexibility index (Phi) is 6.40. The van der Waals surface area contributed by atoms with Crippen LogP contribution in [0.5, 0.6) is 0 Å². The molecule has 2 atom stereocenters. The Balaban J connectivity index is 1.62. The van der Waals surface area contributed by atoms with Gasteiger partial charge in [0.2, 0.25) is 0 Å². The van der Waals surface area contributed by atoms with Crippen LogP contribution in [0.3, 0.4) is 0 Å². The summed E-state index contributed by atoms with van der Waals surface area (Å²) in [5.41, 5.74) is 0.615. The van der Waals surface area contributed by atoms with E-state index in [4.69, 9.17) is 14.2 Å². The number of hydrogen-bond acceptors (Lipinski definition) is 7. The third-order valence-corrected chi connectivity index (χ3v) is 4.44. The molecule has 2 N–H and O–H groups in total. The molecular weight excluding hydrogens is 402 g/mol. The molecule has 10 heteroatoms. The van der Waals surface area contributed by atoms with Crippen LogP contribution in [0.2, 0.25) is 0 Å². The van der Waals surface area contributed by atoms with E-state index in [1.807, 2.05) is 20.8 Å². The van der Waals surface area contributed by atoms with Gasteiger partial charge in [0.05, 0.1) is 24.4 Å². The summed E-state index contributed by atoms with van der Waals surface area (Å²) in [7, 11) is 0. The molecule has 1 saturated carbocycles. The second-order valence-corrected chi connectivity index (χ2v) is 9.60. The van der Waals surface area contributed by atoms with Gasteiger partial charge in [0.15, 0.2) is 5.65 Å². The van der Waals surface area contributed by atoms with E-state index in [1.54, 1.807) is 37.5 Å². The molecule has 0 bridgehead atoms. The molecule has 0 spiro atoms. The van der Waals surface area contributed by atoms with Crippen molar-refractivity contribution in [1.82, 2.24) is 19.9 Å². The number of anilines is 1. The second kappa shape index (κ2) is 8.70. The topological polar surface area (TPSA) is 116 Å². The maximum Gasteiger partial charge on any atom is 0.412 e. The molecule has 2 heterocycles. The van der Waals surface area contributed by atoms with E-state index in [1.165, 1.54) is 6.33 Å². The fraction of sp³-hybridized carbons (Fsp3) is 0.619. The largest absolute Gasteiger partial charge is 0.444 e. The normalized spacial score (nSPS) is 18.9. The minimum absolute atomic E-state index is 0.0932. The summed E-state index contributed by atoms with van der Waals surface area (Å²) in [4.78, 5) is 28.4. The molecule has 170 valence electrons. The molecular formula is C21H31N5O5. The molecule has 31 heavy (non-hydrogen) atoms. The minimum atomic E-state index is -0.616. The van der Waals surface area contributed by atoms with E-state index in [2.05, 4.69) is 20.7 Å². The minimum Gasteiger partial charge on any atom is -0.444 e. The lowest BCUT2D eigenvalue weighted by molar-refractivity contribution is -0.0392. The molecule has 0 aliphatic heterocycles. The standard InChI is InChI=1S/C21H31N5O5/c1-20(2,3)30-18(27)24-14-7-8-16(14)29-11-13-9-15(17-22-12-23-26(17)10-13)25-19(28)31-21(4,5)6/h9-10,12,14,16H,7-8,11H2,1-6H3,(H,24,27)(H,25,28)/t14-,16-/m1/s1. The summed E-state index contributed by atoms with van der Waals surface area (Å²) in [6, 6.07) is 1.69. The van der Waals surface area contributed by atoms with Gasteiger partial charge >= 0.3 is 12.2 Å². The van der Waals surface area contributed by atoms with Crippen molar-refractivity contribution in [3.63, 3.8) is 0 Å². The van der Waals surface area contributed by atoms with Gasteiger partial charge < -0.3 is 19.5 Å². The Morgan fingerprint density at radius 1 is 1.10 bits per heavy atom. The highest BCUT2D eigenvalue weighted by atomic mass is 16.6. The number of nitrogens with zero attached hydrogens (tertiary/aromatic N) is 3.